The summed E-state index contributed by atoms with van der Waals surface area (Å²) in [5, 5.41) is 2.83. The predicted octanol–water partition coefficient (Wildman–Crippen LogP) is 3.93. The Kier molecular flexibility index (Phi) is 5.33. The molecule has 1 aromatic carbocycles. The van der Waals surface area contributed by atoms with E-state index < -0.39 is 0 Å². The number of thiazole rings is 1. The maximum absolute atomic E-state index is 12.6. The van der Waals surface area contributed by atoms with Crippen LogP contribution in [0.3, 0.4) is 0 Å². The first-order chi connectivity index (χ1) is 10.5. The van der Waals surface area contributed by atoms with Crippen molar-refractivity contribution < 1.29 is 9.53 Å². The maximum atomic E-state index is 12.6. The van der Waals surface area contributed by atoms with Crippen molar-refractivity contribution in [1.29, 1.82) is 0 Å². The lowest BCUT2D eigenvalue weighted by Crippen LogP contribution is -2.29. The number of carbonyl (C=O) groups excluding carboxylic acids is 1. The second-order valence-corrected chi connectivity index (χ2v) is 6.16. The highest BCUT2D eigenvalue weighted by atomic mass is 32.1. The highest BCUT2D eigenvalue weighted by Gasteiger charge is 2.20. The molecule has 1 heterocycles. The molecule has 116 valence electrons. The van der Waals surface area contributed by atoms with E-state index in [1.165, 1.54) is 0 Å². The molecule has 0 saturated carbocycles. The average Bonchev–Trinajstić information content (AvgIpc) is 3.05. The molecule has 1 aromatic heterocycles. The second-order valence-electron chi connectivity index (χ2n) is 5.24. The third kappa shape index (κ3) is 3.95. The van der Waals surface area contributed by atoms with Crippen LogP contribution in [0.4, 0.5) is 0 Å². The predicted molar refractivity (Wildman–Crippen MR) is 89.4 cm³/mol. The van der Waals surface area contributed by atoms with Gasteiger partial charge >= 0.3 is 0 Å². The topological polar surface area (TPSA) is 42.4 Å². The summed E-state index contributed by atoms with van der Waals surface area (Å²) in [5.74, 6) is 0.618. The van der Waals surface area contributed by atoms with Crippen LogP contribution in [0.1, 0.15) is 35.3 Å². The molecule has 0 bridgehead atoms. The van der Waals surface area contributed by atoms with Gasteiger partial charge in [-0.15, -0.1) is 11.3 Å². The first-order valence-electron chi connectivity index (χ1n) is 7.03. The van der Waals surface area contributed by atoms with Crippen LogP contribution in [-0.4, -0.2) is 29.4 Å². The zero-order valence-corrected chi connectivity index (χ0v) is 13.9. The number of benzene rings is 1. The van der Waals surface area contributed by atoms with Gasteiger partial charge in [0.15, 0.2) is 0 Å². The van der Waals surface area contributed by atoms with Gasteiger partial charge in [0.2, 0.25) is 0 Å². The Morgan fingerprint density at radius 1 is 1.50 bits per heavy atom. The molecule has 1 atom stereocenters. The zero-order valence-electron chi connectivity index (χ0n) is 13.1. The third-order valence-corrected chi connectivity index (χ3v) is 4.22. The number of rotatable bonds is 6. The van der Waals surface area contributed by atoms with Gasteiger partial charge in [-0.3, -0.25) is 4.79 Å². The van der Waals surface area contributed by atoms with Gasteiger partial charge in [-0.2, -0.15) is 0 Å². The van der Waals surface area contributed by atoms with Gasteiger partial charge in [-0.1, -0.05) is 12.6 Å². The van der Waals surface area contributed by atoms with E-state index in [0.717, 1.165) is 10.6 Å². The monoisotopic (exact) mass is 316 g/mol. The van der Waals surface area contributed by atoms with Crippen LogP contribution in [0.2, 0.25) is 0 Å². The summed E-state index contributed by atoms with van der Waals surface area (Å²) in [6.07, 6.45) is 1.75. The first-order valence-corrected chi connectivity index (χ1v) is 7.91. The van der Waals surface area contributed by atoms with E-state index in [4.69, 9.17) is 4.74 Å². The molecule has 1 amide bonds. The number of hydrogen-bond donors (Lipinski definition) is 0. The summed E-state index contributed by atoms with van der Waals surface area (Å²) in [4.78, 5) is 18.6. The van der Waals surface area contributed by atoms with E-state index in [-0.39, 0.29) is 11.9 Å². The molecule has 0 aliphatic rings. The maximum Gasteiger partial charge on any atom is 0.254 e. The standard InChI is InChI=1S/C17H20N2O2S/c1-12(2)11-21-15-7-5-6-14(10-15)17(20)19(4)13(3)16-18-8-9-22-16/h5-10,13H,1,11H2,2-4H3. The largest absolute Gasteiger partial charge is 0.489 e. The van der Waals surface area contributed by atoms with E-state index in [9.17, 15) is 4.79 Å². The lowest BCUT2D eigenvalue weighted by atomic mass is 10.1. The van der Waals surface area contributed by atoms with Gasteiger partial charge in [0.05, 0.1) is 6.04 Å². The van der Waals surface area contributed by atoms with E-state index in [0.29, 0.717) is 17.9 Å². The number of amides is 1. The number of carbonyl (C=O) groups is 1. The summed E-state index contributed by atoms with van der Waals surface area (Å²) < 4.78 is 5.59. The molecular formula is C17H20N2O2S. The van der Waals surface area contributed by atoms with Gasteiger partial charge in [0.25, 0.3) is 5.91 Å². The Hall–Kier alpha value is -2.14. The number of nitrogens with zero attached hydrogens (tertiary/aromatic N) is 2. The van der Waals surface area contributed by atoms with Crippen LogP contribution in [-0.2, 0) is 0 Å². The van der Waals surface area contributed by atoms with Gasteiger partial charge in [-0.05, 0) is 37.6 Å². The molecule has 0 saturated heterocycles. The minimum absolute atomic E-state index is 0.0523. The highest BCUT2D eigenvalue weighted by Crippen LogP contribution is 2.23. The molecule has 0 spiro atoms. The lowest BCUT2D eigenvalue weighted by molar-refractivity contribution is 0.0742. The summed E-state index contributed by atoms with van der Waals surface area (Å²) in [5.41, 5.74) is 1.54. The van der Waals surface area contributed by atoms with Gasteiger partial charge in [0.1, 0.15) is 17.4 Å². The van der Waals surface area contributed by atoms with Crippen LogP contribution in [0, 0.1) is 0 Å². The molecule has 22 heavy (non-hydrogen) atoms. The van der Waals surface area contributed by atoms with Crippen molar-refractivity contribution in [2.45, 2.75) is 19.9 Å². The summed E-state index contributed by atoms with van der Waals surface area (Å²) in [6, 6.07) is 7.15. The average molecular weight is 316 g/mol. The highest BCUT2D eigenvalue weighted by molar-refractivity contribution is 7.09. The summed E-state index contributed by atoms with van der Waals surface area (Å²) >= 11 is 1.55. The van der Waals surface area contributed by atoms with Crippen LogP contribution in [0.15, 0.2) is 48.0 Å². The van der Waals surface area contributed by atoms with Crippen molar-refractivity contribution in [3.63, 3.8) is 0 Å². The molecule has 0 radical (unpaired) electrons. The molecule has 4 nitrogen and oxygen atoms in total. The lowest BCUT2D eigenvalue weighted by Gasteiger charge is -2.23. The number of ether oxygens (including phenoxy) is 1. The number of hydrogen-bond acceptors (Lipinski definition) is 4. The third-order valence-electron chi connectivity index (χ3n) is 3.28. The van der Waals surface area contributed by atoms with E-state index >= 15 is 0 Å². The van der Waals surface area contributed by atoms with Crippen LogP contribution >= 0.6 is 11.3 Å². The fraction of sp³-hybridized carbons (Fsp3) is 0.294. The minimum atomic E-state index is -0.0625. The normalized spacial score (nSPS) is 11.8. The number of aromatic nitrogens is 1. The summed E-state index contributed by atoms with van der Waals surface area (Å²) in [7, 11) is 1.79. The summed E-state index contributed by atoms with van der Waals surface area (Å²) in [6.45, 7) is 8.12. The Bertz CT molecular complexity index is 652. The fourth-order valence-corrected chi connectivity index (χ4v) is 2.65. The Balaban J connectivity index is 2.11. The molecule has 0 fully saturated rings. The van der Waals surface area contributed by atoms with Crippen molar-refractivity contribution in [3.8, 4) is 5.75 Å². The Labute approximate surface area is 135 Å². The molecular weight excluding hydrogens is 296 g/mol. The van der Waals surface area contributed by atoms with Crippen molar-refractivity contribution >= 4 is 17.2 Å². The smallest absolute Gasteiger partial charge is 0.254 e. The van der Waals surface area contributed by atoms with Gasteiger partial charge < -0.3 is 9.64 Å². The van der Waals surface area contributed by atoms with Crippen LogP contribution in [0.5, 0.6) is 5.75 Å². The molecule has 5 heteroatoms. The molecule has 1 unspecified atom stereocenters. The van der Waals surface area contributed by atoms with E-state index in [1.807, 2.05) is 31.4 Å². The van der Waals surface area contributed by atoms with Crippen molar-refractivity contribution in [1.82, 2.24) is 9.88 Å². The molecule has 0 aliphatic heterocycles. The SMILES string of the molecule is C=C(C)COc1cccc(C(=O)N(C)C(C)c2nccs2)c1. The van der Waals surface area contributed by atoms with Crippen LogP contribution < -0.4 is 4.74 Å². The van der Waals surface area contributed by atoms with Crippen molar-refractivity contribution in [2.75, 3.05) is 13.7 Å². The molecule has 0 aliphatic carbocycles. The molecule has 0 N–H and O–H groups in total. The molecule has 2 aromatic rings. The van der Waals surface area contributed by atoms with E-state index in [2.05, 4.69) is 11.6 Å². The van der Waals surface area contributed by atoms with Crippen LogP contribution in [0.25, 0.3) is 0 Å². The minimum Gasteiger partial charge on any atom is -0.489 e. The first kappa shape index (κ1) is 16.2. The van der Waals surface area contributed by atoms with E-state index in [1.54, 1.807) is 41.6 Å². The van der Waals surface area contributed by atoms with Gasteiger partial charge in [0, 0.05) is 24.2 Å². The molecule has 2 rings (SSSR count). The van der Waals surface area contributed by atoms with Crippen molar-refractivity contribution in [2.24, 2.45) is 0 Å². The Morgan fingerprint density at radius 3 is 2.91 bits per heavy atom. The fourth-order valence-electron chi connectivity index (χ4n) is 1.91. The van der Waals surface area contributed by atoms with Gasteiger partial charge in [-0.25, -0.2) is 4.98 Å². The Morgan fingerprint density at radius 2 is 2.27 bits per heavy atom. The quantitative estimate of drug-likeness (QED) is 0.758. The van der Waals surface area contributed by atoms with Crippen molar-refractivity contribution in [3.05, 3.63) is 58.6 Å². The second kappa shape index (κ2) is 7.22. The zero-order chi connectivity index (χ0) is 16.1.